The van der Waals surface area contributed by atoms with Crippen molar-refractivity contribution in [3.8, 4) is 0 Å². The lowest BCUT2D eigenvalue weighted by Crippen LogP contribution is -2.54. The zero-order chi connectivity index (χ0) is 18.5. The third-order valence-electron chi connectivity index (χ3n) is 5.84. The molecule has 144 valence electrons. The molecular formula is C19H31N5O2. The number of nitrogens with zero attached hydrogens (tertiary/aromatic N) is 5. The van der Waals surface area contributed by atoms with Crippen LogP contribution in [0.4, 0.5) is 5.95 Å². The Morgan fingerprint density at radius 3 is 2.54 bits per heavy atom. The fourth-order valence-electron chi connectivity index (χ4n) is 3.96. The van der Waals surface area contributed by atoms with E-state index in [1.54, 1.807) is 12.4 Å². The van der Waals surface area contributed by atoms with Crippen LogP contribution in [-0.4, -0.2) is 82.7 Å². The van der Waals surface area contributed by atoms with Gasteiger partial charge in [-0.25, -0.2) is 9.97 Å². The second-order valence-electron chi connectivity index (χ2n) is 7.59. The topological polar surface area (TPSA) is 72.8 Å². The van der Waals surface area contributed by atoms with Gasteiger partial charge in [0.15, 0.2) is 0 Å². The van der Waals surface area contributed by atoms with Crippen molar-refractivity contribution in [2.24, 2.45) is 5.92 Å². The molecule has 0 spiro atoms. The van der Waals surface area contributed by atoms with E-state index in [2.05, 4.69) is 19.8 Å². The third-order valence-corrected chi connectivity index (χ3v) is 5.84. The molecule has 0 bridgehead atoms. The van der Waals surface area contributed by atoms with Crippen molar-refractivity contribution in [1.29, 1.82) is 0 Å². The molecule has 1 aliphatic carbocycles. The van der Waals surface area contributed by atoms with Crippen LogP contribution in [-0.2, 0) is 4.79 Å². The maximum atomic E-state index is 12.9. The predicted octanol–water partition coefficient (Wildman–Crippen LogP) is 0.997. The van der Waals surface area contributed by atoms with E-state index >= 15 is 0 Å². The van der Waals surface area contributed by atoms with Gasteiger partial charge in [0.25, 0.3) is 0 Å². The average molecular weight is 361 g/mol. The molecule has 0 aromatic carbocycles. The quantitative estimate of drug-likeness (QED) is 0.843. The monoisotopic (exact) mass is 361 g/mol. The predicted molar refractivity (Wildman–Crippen MR) is 101 cm³/mol. The first-order chi connectivity index (χ1) is 12.6. The number of aliphatic hydroxyl groups excluding tert-OH is 1. The Morgan fingerprint density at radius 1 is 1.23 bits per heavy atom. The van der Waals surface area contributed by atoms with Crippen molar-refractivity contribution in [3.05, 3.63) is 18.5 Å². The minimum atomic E-state index is -0.220. The largest absolute Gasteiger partial charge is 0.393 e. The summed E-state index contributed by atoms with van der Waals surface area (Å²) in [5.41, 5.74) is 0. The van der Waals surface area contributed by atoms with Gasteiger partial charge in [0.05, 0.1) is 12.1 Å². The molecule has 3 rings (SSSR count). The number of carbonyl (C=O) groups is 1. The lowest BCUT2D eigenvalue weighted by atomic mass is 9.86. The fourth-order valence-corrected chi connectivity index (χ4v) is 3.96. The second-order valence-corrected chi connectivity index (χ2v) is 7.59. The molecule has 3 atom stereocenters. The molecule has 2 aliphatic rings. The smallest absolute Gasteiger partial charge is 0.239 e. The SMILES string of the molecule is C[C@H](C(=O)N1CCN(c2ncccn2)CC1)N(C)C[C@@H]1CCCC[C@H]1O. The van der Waals surface area contributed by atoms with Crippen LogP contribution in [0, 0.1) is 5.92 Å². The van der Waals surface area contributed by atoms with Gasteiger partial charge >= 0.3 is 0 Å². The molecule has 7 heteroatoms. The highest BCUT2D eigenvalue weighted by Crippen LogP contribution is 2.25. The summed E-state index contributed by atoms with van der Waals surface area (Å²) in [5, 5.41) is 10.2. The molecule has 0 unspecified atom stereocenters. The van der Waals surface area contributed by atoms with E-state index in [1.807, 2.05) is 24.9 Å². The number of aromatic nitrogens is 2. The van der Waals surface area contributed by atoms with Gasteiger partial charge in [-0.15, -0.1) is 0 Å². The number of hydrogen-bond acceptors (Lipinski definition) is 6. The Bertz CT molecular complexity index is 577. The van der Waals surface area contributed by atoms with E-state index in [0.717, 1.165) is 44.8 Å². The van der Waals surface area contributed by atoms with Crippen LogP contribution in [0.15, 0.2) is 18.5 Å². The van der Waals surface area contributed by atoms with Gasteiger partial charge in [-0.3, -0.25) is 9.69 Å². The highest BCUT2D eigenvalue weighted by atomic mass is 16.3. The summed E-state index contributed by atoms with van der Waals surface area (Å²) < 4.78 is 0. The third kappa shape index (κ3) is 4.51. The van der Waals surface area contributed by atoms with Gasteiger partial charge in [-0.1, -0.05) is 12.8 Å². The van der Waals surface area contributed by atoms with Crippen molar-refractivity contribution in [2.75, 3.05) is 44.7 Å². The zero-order valence-electron chi connectivity index (χ0n) is 15.9. The molecule has 7 nitrogen and oxygen atoms in total. The maximum absolute atomic E-state index is 12.9. The fraction of sp³-hybridized carbons (Fsp3) is 0.737. The summed E-state index contributed by atoms with van der Waals surface area (Å²) in [7, 11) is 2.00. The Morgan fingerprint density at radius 2 is 1.88 bits per heavy atom. The Labute approximate surface area is 156 Å². The van der Waals surface area contributed by atoms with Crippen molar-refractivity contribution in [2.45, 2.75) is 44.8 Å². The van der Waals surface area contributed by atoms with Gasteiger partial charge in [0, 0.05) is 45.1 Å². The van der Waals surface area contributed by atoms with Crippen molar-refractivity contribution in [1.82, 2.24) is 19.8 Å². The number of anilines is 1. The number of likely N-dealkylation sites (N-methyl/N-ethyl adjacent to an activating group) is 1. The molecule has 0 radical (unpaired) electrons. The summed E-state index contributed by atoms with van der Waals surface area (Å²) in [4.78, 5) is 27.6. The lowest BCUT2D eigenvalue weighted by molar-refractivity contribution is -0.136. The molecular weight excluding hydrogens is 330 g/mol. The molecule has 2 heterocycles. The van der Waals surface area contributed by atoms with Crippen LogP contribution in [0.1, 0.15) is 32.6 Å². The molecule has 2 fully saturated rings. The lowest BCUT2D eigenvalue weighted by Gasteiger charge is -2.38. The molecule has 1 aliphatic heterocycles. The summed E-state index contributed by atoms with van der Waals surface area (Å²) in [6.45, 7) is 5.67. The summed E-state index contributed by atoms with van der Waals surface area (Å²) >= 11 is 0. The first kappa shape index (κ1) is 19.0. The van der Waals surface area contributed by atoms with Crippen LogP contribution in [0.5, 0.6) is 0 Å². The molecule has 26 heavy (non-hydrogen) atoms. The van der Waals surface area contributed by atoms with E-state index in [-0.39, 0.29) is 24.0 Å². The van der Waals surface area contributed by atoms with Crippen molar-refractivity contribution in [3.63, 3.8) is 0 Å². The molecule has 1 saturated carbocycles. The van der Waals surface area contributed by atoms with Crippen molar-refractivity contribution < 1.29 is 9.90 Å². The first-order valence-corrected chi connectivity index (χ1v) is 9.75. The Balaban J connectivity index is 1.49. The van der Waals surface area contributed by atoms with Crippen LogP contribution < -0.4 is 4.90 Å². The van der Waals surface area contributed by atoms with E-state index in [0.29, 0.717) is 13.1 Å². The molecule has 1 N–H and O–H groups in total. The van der Waals surface area contributed by atoms with Crippen LogP contribution in [0.3, 0.4) is 0 Å². The number of piperazine rings is 1. The number of rotatable bonds is 5. The highest BCUT2D eigenvalue weighted by Gasteiger charge is 2.30. The van der Waals surface area contributed by atoms with E-state index in [9.17, 15) is 9.90 Å². The second kappa shape index (κ2) is 8.77. The van der Waals surface area contributed by atoms with Crippen molar-refractivity contribution >= 4 is 11.9 Å². The minimum Gasteiger partial charge on any atom is -0.393 e. The first-order valence-electron chi connectivity index (χ1n) is 9.75. The van der Waals surface area contributed by atoms with Crippen LogP contribution in [0.2, 0.25) is 0 Å². The van der Waals surface area contributed by atoms with Gasteiger partial charge in [0.1, 0.15) is 0 Å². The number of carbonyl (C=O) groups excluding carboxylic acids is 1. The van der Waals surface area contributed by atoms with E-state index in [4.69, 9.17) is 0 Å². The summed E-state index contributed by atoms with van der Waals surface area (Å²) in [6, 6.07) is 1.65. The Kier molecular flexibility index (Phi) is 6.43. The maximum Gasteiger partial charge on any atom is 0.239 e. The van der Waals surface area contributed by atoms with Gasteiger partial charge < -0.3 is 14.9 Å². The van der Waals surface area contributed by atoms with Crippen LogP contribution in [0.25, 0.3) is 0 Å². The van der Waals surface area contributed by atoms with Crippen LogP contribution >= 0.6 is 0 Å². The highest BCUT2D eigenvalue weighted by molar-refractivity contribution is 5.81. The summed E-state index contributed by atoms with van der Waals surface area (Å²) in [5.74, 6) is 1.19. The molecule has 1 amide bonds. The summed E-state index contributed by atoms with van der Waals surface area (Å²) in [6.07, 6.45) is 7.52. The van der Waals surface area contributed by atoms with E-state index in [1.165, 1.54) is 6.42 Å². The number of hydrogen-bond donors (Lipinski definition) is 1. The standard InChI is InChI=1S/C19H31N5O2/c1-15(22(2)14-16-6-3-4-7-17(16)25)18(26)23-10-12-24(13-11-23)19-20-8-5-9-21-19/h5,8-9,15-17,25H,3-4,6-7,10-14H2,1-2H3/t15-,16+,17-/m1/s1. The Hall–Kier alpha value is -1.73. The van der Waals surface area contributed by atoms with Gasteiger partial charge in [0.2, 0.25) is 11.9 Å². The zero-order valence-corrected chi connectivity index (χ0v) is 15.9. The van der Waals surface area contributed by atoms with E-state index < -0.39 is 0 Å². The molecule has 1 saturated heterocycles. The molecule has 1 aromatic heterocycles. The minimum absolute atomic E-state index is 0.163. The number of aliphatic hydroxyl groups is 1. The normalized spacial score (nSPS) is 25.4. The number of amides is 1. The van der Waals surface area contributed by atoms with Gasteiger partial charge in [-0.05, 0) is 38.8 Å². The van der Waals surface area contributed by atoms with Gasteiger partial charge in [-0.2, -0.15) is 0 Å². The molecule has 1 aromatic rings. The average Bonchev–Trinajstić information content (AvgIpc) is 2.69.